The van der Waals surface area contributed by atoms with E-state index in [4.69, 9.17) is 23.2 Å². The third kappa shape index (κ3) is 5.25. The normalized spacial score (nSPS) is 11.5. The Balaban J connectivity index is 2.33. The van der Waals surface area contributed by atoms with Crippen LogP contribution in [0.15, 0.2) is 30.5 Å². The highest BCUT2D eigenvalue weighted by molar-refractivity contribution is 6.42. The van der Waals surface area contributed by atoms with Crippen LogP contribution in [-0.2, 0) is 6.18 Å². The highest BCUT2D eigenvalue weighted by atomic mass is 35.5. The van der Waals surface area contributed by atoms with Gasteiger partial charge < -0.3 is 10.6 Å². The van der Waals surface area contributed by atoms with Crippen molar-refractivity contribution in [3.63, 3.8) is 0 Å². The molecule has 0 fully saturated rings. The average Bonchev–Trinajstić information content (AvgIpc) is 2.55. The second-order valence-electron chi connectivity index (χ2n) is 5.97. The lowest BCUT2D eigenvalue weighted by Gasteiger charge is -2.15. The van der Waals surface area contributed by atoms with Gasteiger partial charge in [0, 0.05) is 18.4 Å². The van der Waals surface area contributed by atoms with E-state index in [0.29, 0.717) is 10.7 Å². The second-order valence-corrected chi connectivity index (χ2v) is 6.79. The molecule has 0 unspecified atom stereocenters. The van der Waals surface area contributed by atoms with E-state index in [0.717, 1.165) is 12.3 Å². The SMILES string of the molecule is CC(C)CNC(=O)c1cnc(Nc2ccc(Cl)c(Cl)c2)cc1C(F)(F)F. The molecule has 4 nitrogen and oxygen atoms in total. The molecule has 140 valence electrons. The van der Waals surface area contributed by atoms with Crippen LogP contribution in [0, 0.1) is 5.92 Å². The van der Waals surface area contributed by atoms with Gasteiger partial charge in [0.25, 0.3) is 5.91 Å². The summed E-state index contributed by atoms with van der Waals surface area (Å²) in [5, 5.41) is 5.74. The number of rotatable bonds is 5. The molecule has 0 saturated heterocycles. The summed E-state index contributed by atoms with van der Waals surface area (Å²) in [7, 11) is 0. The molecule has 2 rings (SSSR count). The molecule has 2 aromatic rings. The number of amides is 1. The van der Waals surface area contributed by atoms with E-state index in [-0.39, 0.29) is 23.3 Å². The first-order valence-corrected chi connectivity index (χ1v) is 8.41. The molecule has 0 radical (unpaired) electrons. The van der Waals surface area contributed by atoms with Crippen molar-refractivity contribution in [2.45, 2.75) is 20.0 Å². The number of hydrogen-bond acceptors (Lipinski definition) is 3. The van der Waals surface area contributed by atoms with E-state index in [9.17, 15) is 18.0 Å². The fourth-order valence-electron chi connectivity index (χ4n) is 2.05. The molecule has 26 heavy (non-hydrogen) atoms. The Bertz CT molecular complexity index is 810. The third-order valence-electron chi connectivity index (χ3n) is 3.32. The molecule has 1 amide bonds. The molecular formula is C17H16Cl2F3N3O. The van der Waals surface area contributed by atoms with Crippen LogP contribution in [0.5, 0.6) is 0 Å². The van der Waals surface area contributed by atoms with E-state index in [1.54, 1.807) is 6.07 Å². The molecule has 2 N–H and O–H groups in total. The first kappa shape index (κ1) is 20.3. The van der Waals surface area contributed by atoms with E-state index < -0.39 is 23.2 Å². The number of carbonyl (C=O) groups is 1. The Morgan fingerprint density at radius 2 is 1.88 bits per heavy atom. The van der Waals surface area contributed by atoms with Gasteiger partial charge in [0.2, 0.25) is 0 Å². The van der Waals surface area contributed by atoms with E-state index in [1.165, 1.54) is 12.1 Å². The highest BCUT2D eigenvalue weighted by Gasteiger charge is 2.36. The summed E-state index contributed by atoms with van der Waals surface area (Å²) in [5.41, 5.74) is -1.19. The summed E-state index contributed by atoms with van der Waals surface area (Å²) in [4.78, 5) is 16.0. The standard InChI is InChI=1S/C17H16Cl2F3N3O/c1-9(2)7-24-16(26)11-8-23-15(6-12(11)17(20,21)22)25-10-3-4-13(18)14(19)5-10/h3-6,8-9H,7H2,1-2H3,(H,23,25)(H,24,26). The Kier molecular flexibility index (Phi) is 6.36. The molecule has 0 aliphatic rings. The number of pyridine rings is 1. The summed E-state index contributed by atoms with van der Waals surface area (Å²) in [6.07, 6.45) is -3.81. The molecule has 0 aliphatic heterocycles. The van der Waals surface area contributed by atoms with Crippen molar-refractivity contribution < 1.29 is 18.0 Å². The Labute approximate surface area is 158 Å². The average molecular weight is 406 g/mol. The molecule has 0 atom stereocenters. The summed E-state index contributed by atoms with van der Waals surface area (Å²) in [5.74, 6) is -0.785. The van der Waals surface area contributed by atoms with Gasteiger partial charge in [0.15, 0.2) is 0 Å². The lowest BCUT2D eigenvalue weighted by Crippen LogP contribution is -2.29. The Morgan fingerprint density at radius 3 is 2.46 bits per heavy atom. The number of anilines is 2. The zero-order chi connectivity index (χ0) is 19.5. The van der Waals surface area contributed by atoms with Gasteiger partial charge in [-0.2, -0.15) is 13.2 Å². The maximum Gasteiger partial charge on any atom is 0.417 e. The molecular weight excluding hydrogens is 390 g/mol. The lowest BCUT2D eigenvalue weighted by molar-refractivity contribution is -0.137. The van der Waals surface area contributed by atoms with Gasteiger partial charge in [0.1, 0.15) is 5.82 Å². The van der Waals surface area contributed by atoms with Crippen LogP contribution < -0.4 is 10.6 Å². The van der Waals surface area contributed by atoms with Crippen LogP contribution >= 0.6 is 23.2 Å². The quantitative estimate of drug-likeness (QED) is 0.686. The third-order valence-corrected chi connectivity index (χ3v) is 4.06. The first-order valence-electron chi connectivity index (χ1n) is 7.65. The second kappa shape index (κ2) is 8.14. The summed E-state index contributed by atoms with van der Waals surface area (Å²) in [6.45, 7) is 3.94. The topological polar surface area (TPSA) is 54.0 Å². The summed E-state index contributed by atoms with van der Waals surface area (Å²) >= 11 is 11.7. The number of aromatic nitrogens is 1. The van der Waals surface area contributed by atoms with E-state index in [2.05, 4.69) is 15.6 Å². The van der Waals surface area contributed by atoms with Gasteiger partial charge in [-0.15, -0.1) is 0 Å². The van der Waals surface area contributed by atoms with Crippen LogP contribution in [0.4, 0.5) is 24.7 Å². The summed E-state index contributed by atoms with van der Waals surface area (Å²) < 4.78 is 40.1. The Hall–Kier alpha value is -1.99. The fourth-order valence-corrected chi connectivity index (χ4v) is 2.35. The molecule has 0 aliphatic carbocycles. The van der Waals surface area contributed by atoms with Gasteiger partial charge in [0.05, 0.1) is 21.2 Å². The van der Waals surface area contributed by atoms with Crippen LogP contribution in [0.3, 0.4) is 0 Å². The van der Waals surface area contributed by atoms with Gasteiger partial charge in [-0.1, -0.05) is 37.0 Å². The van der Waals surface area contributed by atoms with Crippen molar-refractivity contribution in [2.75, 3.05) is 11.9 Å². The predicted octanol–water partition coefficient (Wildman–Crippen LogP) is 5.54. The van der Waals surface area contributed by atoms with Crippen molar-refractivity contribution >= 4 is 40.6 Å². The molecule has 0 spiro atoms. The monoisotopic (exact) mass is 405 g/mol. The maximum absolute atomic E-state index is 13.4. The number of carbonyl (C=O) groups excluding carboxylic acids is 1. The zero-order valence-corrected chi connectivity index (χ0v) is 15.4. The number of halogens is 5. The Morgan fingerprint density at radius 1 is 1.19 bits per heavy atom. The van der Waals surface area contributed by atoms with Crippen molar-refractivity contribution in [1.29, 1.82) is 0 Å². The maximum atomic E-state index is 13.4. The number of nitrogens with one attached hydrogen (secondary N) is 2. The van der Waals surface area contributed by atoms with Gasteiger partial charge >= 0.3 is 6.18 Å². The van der Waals surface area contributed by atoms with Gasteiger partial charge in [-0.3, -0.25) is 4.79 Å². The molecule has 1 heterocycles. The zero-order valence-electron chi connectivity index (χ0n) is 13.9. The molecule has 1 aromatic carbocycles. The van der Waals surface area contributed by atoms with Crippen molar-refractivity contribution in [2.24, 2.45) is 5.92 Å². The van der Waals surface area contributed by atoms with E-state index >= 15 is 0 Å². The minimum atomic E-state index is -4.71. The van der Waals surface area contributed by atoms with Crippen molar-refractivity contribution in [3.05, 3.63) is 51.6 Å². The smallest absolute Gasteiger partial charge is 0.352 e. The lowest BCUT2D eigenvalue weighted by atomic mass is 10.1. The first-order chi connectivity index (χ1) is 12.1. The van der Waals surface area contributed by atoms with Gasteiger partial charge in [-0.25, -0.2) is 4.98 Å². The number of benzene rings is 1. The minimum absolute atomic E-state index is 0.0730. The minimum Gasteiger partial charge on any atom is -0.352 e. The summed E-state index contributed by atoms with van der Waals surface area (Å²) in [6, 6.07) is 5.30. The number of alkyl halides is 3. The van der Waals surface area contributed by atoms with Crippen molar-refractivity contribution in [3.8, 4) is 0 Å². The predicted molar refractivity (Wildman–Crippen MR) is 96.2 cm³/mol. The number of hydrogen-bond donors (Lipinski definition) is 2. The fraction of sp³-hybridized carbons (Fsp3) is 0.294. The van der Waals surface area contributed by atoms with Crippen LogP contribution in [0.25, 0.3) is 0 Å². The number of nitrogens with zero attached hydrogens (tertiary/aromatic N) is 1. The molecule has 9 heteroatoms. The molecule has 0 bridgehead atoms. The highest BCUT2D eigenvalue weighted by Crippen LogP contribution is 2.34. The largest absolute Gasteiger partial charge is 0.417 e. The molecule has 1 aromatic heterocycles. The van der Waals surface area contributed by atoms with Gasteiger partial charge in [-0.05, 0) is 30.2 Å². The molecule has 0 saturated carbocycles. The van der Waals surface area contributed by atoms with Crippen LogP contribution in [0.2, 0.25) is 10.0 Å². The van der Waals surface area contributed by atoms with Crippen molar-refractivity contribution in [1.82, 2.24) is 10.3 Å². The van der Waals surface area contributed by atoms with Crippen LogP contribution in [-0.4, -0.2) is 17.4 Å². The van der Waals surface area contributed by atoms with E-state index in [1.807, 2.05) is 13.8 Å². The van der Waals surface area contributed by atoms with Crippen LogP contribution in [0.1, 0.15) is 29.8 Å².